The van der Waals surface area contributed by atoms with Crippen molar-refractivity contribution in [1.29, 1.82) is 0 Å². The maximum absolute atomic E-state index is 6.33. The molecule has 1 aromatic heterocycles. The monoisotopic (exact) mass is 355 g/mol. The van der Waals surface area contributed by atoms with Gasteiger partial charge in [0.1, 0.15) is 0 Å². The van der Waals surface area contributed by atoms with Gasteiger partial charge in [-0.1, -0.05) is 40.5 Å². The van der Waals surface area contributed by atoms with Crippen LogP contribution in [0.2, 0.25) is 5.02 Å². The highest BCUT2D eigenvalue weighted by Crippen LogP contribution is 2.27. The van der Waals surface area contributed by atoms with Gasteiger partial charge in [0.05, 0.1) is 6.20 Å². The Morgan fingerprint density at radius 1 is 1.45 bits per heavy atom. The number of hydrogen-bond acceptors (Lipinski definition) is 2. The third kappa shape index (κ3) is 3.43. The number of benzene rings is 1. The molecule has 0 saturated carbocycles. The predicted octanol–water partition coefficient (Wildman–Crippen LogP) is 4.04. The van der Waals surface area contributed by atoms with E-state index in [-0.39, 0.29) is 6.04 Å². The van der Waals surface area contributed by atoms with Crippen LogP contribution in [0.3, 0.4) is 0 Å². The molecule has 108 valence electrons. The number of nitrogens with one attached hydrogen (secondary N) is 1. The molecule has 0 fully saturated rings. The Labute approximate surface area is 133 Å². The van der Waals surface area contributed by atoms with E-state index in [0.29, 0.717) is 0 Å². The van der Waals surface area contributed by atoms with E-state index in [1.807, 2.05) is 30.1 Å². The highest BCUT2D eigenvalue weighted by Gasteiger charge is 2.17. The van der Waals surface area contributed by atoms with E-state index in [1.54, 1.807) is 0 Å². The van der Waals surface area contributed by atoms with Gasteiger partial charge < -0.3 is 5.32 Å². The van der Waals surface area contributed by atoms with Crippen LogP contribution in [0, 0.1) is 6.92 Å². The quantitative estimate of drug-likeness (QED) is 0.876. The highest BCUT2D eigenvalue weighted by atomic mass is 79.9. The minimum Gasteiger partial charge on any atom is -0.310 e. The second-order valence-electron chi connectivity index (χ2n) is 4.86. The summed E-state index contributed by atoms with van der Waals surface area (Å²) in [5, 5.41) is 8.65. The number of halogens is 2. The second kappa shape index (κ2) is 6.74. The summed E-state index contributed by atoms with van der Waals surface area (Å²) in [6.45, 7) is 5.12. The van der Waals surface area contributed by atoms with Crippen LogP contribution in [0.25, 0.3) is 0 Å². The average molecular weight is 357 g/mol. The van der Waals surface area contributed by atoms with Gasteiger partial charge in [-0.25, -0.2) is 0 Å². The smallest absolute Gasteiger partial charge is 0.0540 e. The lowest BCUT2D eigenvalue weighted by molar-refractivity contribution is 0.546. The summed E-state index contributed by atoms with van der Waals surface area (Å²) in [7, 11) is 1.97. The molecule has 2 rings (SSSR count). The second-order valence-corrected chi connectivity index (χ2v) is 6.18. The third-order valence-corrected chi connectivity index (χ3v) is 4.38. The Morgan fingerprint density at radius 2 is 2.20 bits per heavy atom. The molecule has 1 atom stereocenters. The lowest BCUT2D eigenvalue weighted by Gasteiger charge is -2.18. The Morgan fingerprint density at radius 3 is 2.75 bits per heavy atom. The molecular formula is C15H19BrClN3. The third-order valence-electron chi connectivity index (χ3n) is 3.54. The summed E-state index contributed by atoms with van der Waals surface area (Å²) in [4.78, 5) is 0. The van der Waals surface area contributed by atoms with Crippen molar-refractivity contribution in [2.45, 2.75) is 26.3 Å². The van der Waals surface area contributed by atoms with Crippen molar-refractivity contribution in [2.75, 3.05) is 6.54 Å². The zero-order valence-corrected chi connectivity index (χ0v) is 14.3. The van der Waals surface area contributed by atoms with Crippen LogP contribution >= 0.6 is 27.5 Å². The Bertz CT molecular complexity index is 595. The van der Waals surface area contributed by atoms with Crippen molar-refractivity contribution < 1.29 is 0 Å². The van der Waals surface area contributed by atoms with Crippen LogP contribution in [0.4, 0.5) is 0 Å². The SMILES string of the molecule is CCNC(Cc1ccc(Br)cc1Cl)c1cnn(C)c1C. The lowest BCUT2D eigenvalue weighted by atomic mass is 9.99. The van der Waals surface area contributed by atoms with E-state index < -0.39 is 0 Å². The molecule has 0 radical (unpaired) electrons. The number of aryl methyl sites for hydroxylation is 1. The van der Waals surface area contributed by atoms with Crippen molar-refractivity contribution in [2.24, 2.45) is 7.05 Å². The van der Waals surface area contributed by atoms with Crippen LogP contribution in [-0.2, 0) is 13.5 Å². The molecule has 0 aliphatic rings. The van der Waals surface area contributed by atoms with E-state index in [4.69, 9.17) is 11.6 Å². The fraction of sp³-hybridized carbons (Fsp3) is 0.400. The number of likely N-dealkylation sites (N-methyl/N-ethyl adjacent to an activating group) is 1. The fourth-order valence-corrected chi connectivity index (χ4v) is 3.05. The molecule has 0 spiro atoms. The van der Waals surface area contributed by atoms with Crippen LogP contribution < -0.4 is 5.32 Å². The zero-order valence-electron chi connectivity index (χ0n) is 12.0. The molecular weight excluding hydrogens is 338 g/mol. The van der Waals surface area contributed by atoms with Crippen molar-refractivity contribution in [3.05, 3.63) is 50.7 Å². The topological polar surface area (TPSA) is 29.9 Å². The number of nitrogens with zero attached hydrogens (tertiary/aromatic N) is 2. The van der Waals surface area contributed by atoms with Gasteiger partial charge >= 0.3 is 0 Å². The van der Waals surface area contributed by atoms with Crippen LogP contribution in [0.5, 0.6) is 0 Å². The van der Waals surface area contributed by atoms with E-state index in [1.165, 1.54) is 11.3 Å². The van der Waals surface area contributed by atoms with Gasteiger partial charge in [-0.05, 0) is 37.6 Å². The predicted molar refractivity (Wildman–Crippen MR) is 87.2 cm³/mol. The number of rotatable bonds is 5. The molecule has 0 bridgehead atoms. The average Bonchev–Trinajstić information content (AvgIpc) is 2.73. The van der Waals surface area contributed by atoms with Gasteiger partial charge in [-0.15, -0.1) is 0 Å². The van der Waals surface area contributed by atoms with Crippen LogP contribution in [0.15, 0.2) is 28.9 Å². The Hall–Kier alpha value is -0.840. The highest BCUT2D eigenvalue weighted by molar-refractivity contribution is 9.10. The van der Waals surface area contributed by atoms with Crippen molar-refractivity contribution in [3.8, 4) is 0 Å². The molecule has 1 heterocycles. The van der Waals surface area contributed by atoms with E-state index in [2.05, 4.69) is 46.3 Å². The largest absolute Gasteiger partial charge is 0.310 e. The van der Waals surface area contributed by atoms with E-state index >= 15 is 0 Å². The van der Waals surface area contributed by atoms with Crippen molar-refractivity contribution in [3.63, 3.8) is 0 Å². The van der Waals surface area contributed by atoms with Gasteiger partial charge in [0.25, 0.3) is 0 Å². The van der Waals surface area contributed by atoms with Crippen molar-refractivity contribution in [1.82, 2.24) is 15.1 Å². The first-order chi connectivity index (χ1) is 9.52. The summed E-state index contributed by atoms with van der Waals surface area (Å²) >= 11 is 9.77. The van der Waals surface area contributed by atoms with Crippen LogP contribution in [-0.4, -0.2) is 16.3 Å². The normalized spacial score (nSPS) is 12.7. The van der Waals surface area contributed by atoms with Gasteiger partial charge in [0.2, 0.25) is 0 Å². The lowest BCUT2D eigenvalue weighted by Crippen LogP contribution is -2.23. The summed E-state index contributed by atoms with van der Waals surface area (Å²) in [5.74, 6) is 0. The molecule has 0 amide bonds. The van der Waals surface area contributed by atoms with Crippen LogP contribution in [0.1, 0.15) is 29.8 Å². The maximum atomic E-state index is 6.33. The Balaban J connectivity index is 2.28. The van der Waals surface area contributed by atoms with Gasteiger partial charge in [0.15, 0.2) is 0 Å². The van der Waals surface area contributed by atoms with Gasteiger partial charge in [-0.3, -0.25) is 4.68 Å². The summed E-state index contributed by atoms with van der Waals surface area (Å²) < 4.78 is 2.91. The zero-order chi connectivity index (χ0) is 14.7. The minimum atomic E-state index is 0.229. The molecule has 5 heteroatoms. The van der Waals surface area contributed by atoms with E-state index in [9.17, 15) is 0 Å². The van der Waals surface area contributed by atoms with Gasteiger partial charge in [0, 0.05) is 33.8 Å². The molecule has 1 N–H and O–H groups in total. The molecule has 2 aromatic rings. The summed E-state index contributed by atoms with van der Waals surface area (Å²) in [5.41, 5.74) is 3.56. The molecule has 1 aromatic carbocycles. The van der Waals surface area contributed by atoms with Gasteiger partial charge in [-0.2, -0.15) is 5.10 Å². The Kier molecular flexibility index (Phi) is 5.24. The maximum Gasteiger partial charge on any atom is 0.0540 e. The summed E-state index contributed by atoms with van der Waals surface area (Å²) in [6, 6.07) is 6.27. The molecule has 3 nitrogen and oxygen atoms in total. The van der Waals surface area contributed by atoms with E-state index in [0.717, 1.165) is 28.0 Å². The first-order valence-corrected chi connectivity index (χ1v) is 7.85. The number of aromatic nitrogens is 2. The number of hydrogen-bond donors (Lipinski definition) is 1. The fourth-order valence-electron chi connectivity index (χ4n) is 2.30. The minimum absolute atomic E-state index is 0.229. The molecule has 20 heavy (non-hydrogen) atoms. The standard InChI is InChI=1S/C15H19BrClN3/c1-4-18-15(13-9-19-20(3)10(13)2)7-11-5-6-12(16)8-14(11)17/h5-6,8-9,15,18H,4,7H2,1-3H3. The molecule has 0 saturated heterocycles. The molecule has 1 unspecified atom stereocenters. The molecule has 0 aliphatic carbocycles. The first-order valence-electron chi connectivity index (χ1n) is 6.68. The first kappa shape index (κ1) is 15.5. The molecule has 0 aliphatic heterocycles. The van der Waals surface area contributed by atoms with Crippen molar-refractivity contribution >= 4 is 27.5 Å². The summed E-state index contributed by atoms with van der Waals surface area (Å²) in [6.07, 6.45) is 2.79.